The van der Waals surface area contributed by atoms with Gasteiger partial charge in [-0.05, 0) is 41.5 Å². The van der Waals surface area contributed by atoms with Gasteiger partial charge in [0.1, 0.15) is 0 Å². The van der Waals surface area contributed by atoms with Crippen LogP contribution in [0.25, 0.3) is 0 Å². The third-order valence-corrected chi connectivity index (χ3v) is 3.55. The van der Waals surface area contributed by atoms with E-state index in [1.165, 1.54) is 22.8 Å². The van der Waals surface area contributed by atoms with Crippen LogP contribution in [0.2, 0.25) is 10.0 Å². The molecule has 0 unspecified atom stereocenters. The summed E-state index contributed by atoms with van der Waals surface area (Å²) in [4.78, 5) is 0. The van der Waals surface area contributed by atoms with Crippen molar-refractivity contribution in [1.29, 1.82) is 0 Å². The highest BCUT2D eigenvalue weighted by atomic mass is 127. The van der Waals surface area contributed by atoms with E-state index in [1.807, 2.05) is 18.2 Å². The molecule has 0 heterocycles. The van der Waals surface area contributed by atoms with Gasteiger partial charge in [0.2, 0.25) is 0 Å². The maximum atomic E-state index is 5.92. The summed E-state index contributed by atoms with van der Waals surface area (Å²) in [5.41, 5.74) is 1.18. The second kappa shape index (κ2) is 7.71. The summed E-state index contributed by atoms with van der Waals surface area (Å²) < 4.78 is 1.23. The highest BCUT2D eigenvalue weighted by molar-refractivity contribution is 14.1. The molecule has 0 aliphatic rings. The third-order valence-electron chi connectivity index (χ3n) is 2.05. The van der Waals surface area contributed by atoms with Gasteiger partial charge in [0, 0.05) is 6.54 Å². The predicted molar refractivity (Wildman–Crippen MR) is 76.3 cm³/mol. The van der Waals surface area contributed by atoms with Gasteiger partial charge in [-0.15, -0.1) is 0 Å². The summed E-state index contributed by atoms with van der Waals surface area (Å²) in [6.45, 7) is 1.92. The van der Waals surface area contributed by atoms with Gasteiger partial charge in [-0.25, -0.2) is 0 Å². The van der Waals surface area contributed by atoms with Gasteiger partial charge < -0.3 is 5.32 Å². The van der Waals surface area contributed by atoms with E-state index < -0.39 is 0 Å². The Kier molecular flexibility index (Phi) is 6.97. The summed E-state index contributed by atoms with van der Waals surface area (Å²) in [6.07, 6.45) is 2.50. The molecule has 0 saturated carbocycles. The zero-order valence-corrected chi connectivity index (χ0v) is 12.1. The molecule has 0 aromatic heterocycles. The molecule has 4 heteroatoms. The Bertz CT molecular complexity index is 305. The normalized spacial score (nSPS) is 10.6. The van der Waals surface area contributed by atoms with Crippen molar-refractivity contribution in [3.8, 4) is 0 Å². The van der Waals surface area contributed by atoms with E-state index in [4.69, 9.17) is 23.2 Å². The summed E-state index contributed by atoms with van der Waals surface area (Å²) in [5, 5.41) is 4.62. The van der Waals surface area contributed by atoms with Crippen LogP contribution in [0, 0.1) is 0 Å². The lowest BCUT2D eigenvalue weighted by molar-refractivity contribution is 0.646. The number of rotatable bonds is 6. The molecule has 1 rings (SSSR count). The number of hydrogen-bond acceptors (Lipinski definition) is 1. The van der Waals surface area contributed by atoms with Crippen LogP contribution in [0.3, 0.4) is 0 Å². The maximum absolute atomic E-state index is 5.92. The molecule has 0 atom stereocenters. The first-order valence-corrected chi connectivity index (χ1v) is 7.23. The van der Waals surface area contributed by atoms with Crippen LogP contribution in [0.15, 0.2) is 18.2 Å². The van der Waals surface area contributed by atoms with Crippen LogP contribution in [0.5, 0.6) is 0 Å². The van der Waals surface area contributed by atoms with Crippen molar-refractivity contribution in [1.82, 2.24) is 5.32 Å². The number of halogens is 3. The fourth-order valence-electron chi connectivity index (χ4n) is 1.23. The quantitative estimate of drug-likeness (QED) is 0.454. The largest absolute Gasteiger partial charge is 0.313 e. The van der Waals surface area contributed by atoms with Crippen molar-refractivity contribution in [3.63, 3.8) is 0 Å². The molecule has 1 aromatic rings. The number of unbranched alkanes of at least 4 members (excludes halogenated alkanes) is 1. The summed E-state index contributed by atoms with van der Waals surface area (Å²) >= 11 is 14.1. The van der Waals surface area contributed by atoms with Crippen molar-refractivity contribution in [2.24, 2.45) is 0 Å². The molecule has 0 fully saturated rings. The van der Waals surface area contributed by atoms with Gasteiger partial charge in [0.25, 0.3) is 0 Å². The van der Waals surface area contributed by atoms with Crippen molar-refractivity contribution in [3.05, 3.63) is 33.8 Å². The molecule has 1 nitrogen and oxygen atoms in total. The first-order valence-electron chi connectivity index (χ1n) is 4.94. The molecule has 0 aliphatic carbocycles. The lowest BCUT2D eigenvalue weighted by atomic mass is 10.2. The molecule has 1 aromatic carbocycles. The van der Waals surface area contributed by atoms with Gasteiger partial charge in [0.15, 0.2) is 0 Å². The molecule has 84 valence electrons. The lowest BCUT2D eigenvalue weighted by Crippen LogP contribution is -2.14. The molecule has 0 bridgehead atoms. The Morgan fingerprint density at radius 3 is 2.60 bits per heavy atom. The van der Waals surface area contributed by atoms with E-state index in [2.05, 4.69) is 27.9 Å². The number of benzene rings is 1. The Morgan fingerprint density at radius 1 is 1.13 bits per heavy atom. The SMILES string of the molecule is Clc1ccc(CNCCCCI)cc1Cl. The van der Waals surface area contributed by atoms with E-state index >= 15 is 0 Å². The standard InChI is InChI=1S/C11H14Cl2IN/c12-10-4-3-9(7-11(10)13)8-15-6-2-1-5-14/h3-4,7,15H,1-2,5-6,8H2. The van der Waals surface area contributed by atoms with Crippen molar-refractivity contribution >= 4 is 45.8 Å². The van der Waals surface area contributed by atoms with E-state index in [9.17, 15) is 0 Å². The van der Waals surface area contributed by atoms with Crippen LogP contribution in [-0.2, 0) is 6.54 Å². The Morgan fingerprint density at radius 2 is 1.93 bits per heavy atom. The van der Waals surface area contributed by atoms with E-state index in [0.717, 1.165) is 13.1 Å². The Balaban J connectivity index is 2.28. The van der Waals surface area contributed by atoms with Crippen LogP contribution in [0.4, 0.5) is 0 Å². The first-order chi connectivity index (χ1) is 7.24. The highest BCUT2D eigenvalue weighted by Crippen LogP contribution is 2.22. The minimum absolute atomic E-state index is 0.616. The van der Waals surface area contributed by atoms with Gasteiger partial charge in [-0.1, -0.05) is 51.9 Å². The summed E-state index contributed by atoms with van der Waals surface area (Å²) in [6, 6.07) is 5.75. The van der Waals surface area contributed by atoms with Crippen molar-refractivity contribution < 1.29 is 0 Å². The van der Waals surface area contributed by atoms with Gasteiger partial charge in [-0.2, -0.15) is 0 Å². The second-order valence-corrected chi connectivity index (χ2v) is 5.21. The van der Waals surface area contributed by atoms with E-state index in [0.29, 0.717) is 10.0 Å². The number of hydrogen-bond donors (Lipinski definition) is 1. The molecular formula is C11H14Cl2IN. The van der Waals surface area contributed by atoms with Crippen LogP contribution in [-0.4, -0.2) is 11.0 Å². The lowest BCUT2D eigenvalue weighted by Gasteiger charge is -2.05. The van der Waals surface area contributed by atoms with Crippen molar-refractivity contribution in [2.75, 3.05) is 11.0 Å². The molecule has 0 amide bonds. The molecule has 0 aliphatic heterocycles. The predicted octanol–water partition coefficient (Wildman–Crippen LogP) is 4.30. The van der Waals surface area contributed by atoms with E-state index in [1.54, 1.807) is 0 Å². The fourth-order valence-corrected chi connectivity index (χ4v) is 2.09. The number of alkyl halides is 1. The molecule has 1 N–H and O–H groups in total. The highest BCUT2D eigenvalue weighted by Gasteiger charge is 1.98. The zero-order valence-electron chi connectivity index (χ0n) is 8.40. The summed E-state index contributed by atoms with van der Waals surface area (Å²) in [7, 11) is 0. The second-order valence-electron chi connectivity index (χ2n) is 3.32. The van der Waals surface area contributed by atoms with E-state index in [-0.39, 0.29) is 0 Å². The Hall–Kier alpha value is 0.490. The van der Waals surface area contributed by atoms with Crippen LogP contribution >= 0.6 is 45.8 Å². The van der Waals surface area contributed by atoms with Gasteiger partial charge >= 0.3 is 0 Å². The summed E-state index contributed by atoms with van der Waals surface area (Å²) in [5.74, 6) is 0. The average Bonchev–Trinajstić information content (AvgIpc) is 2.23. The minimum atomic E-state index is 0.616. The molecule has 0 saturated heterocycles. The molecule has 15 heavy (non-hydrogen) atoms. The maximum Gasteiger partial charge on any atom is 0.0595 e. The van der Waals surface area contributed by atoms with Gasteiger partial charge in [0.05, 0.1) is 10.0 Å². The smallest absolute Gasteiger partial charge is 0.0595 e. The molecular weight excluding hydrogens is 344 g/mol. The average molecular weight is 358 g/mol. The number of nitrogens with one attached hydrogen (secondary N) is 1. The molecule has 0 spiro atoms. The molecule has 0 radical (unpaired) electrons. The third kappa shape index (κ3) is 5.38. The van der Waals surface area contributed by atoms with Crippen LogP contribution < -0.4 is 5.32 Å². The topological polar surface area (TPSA) is 12.0 Å². The Labute approximate surface area is 115 Å². The van der Waals surface area contributed by atoms with Gasteiger partial charge in [-0.3, -0.25) is 0 Å². The van der Waals surface area contributed by atoms with Crippen LogP contribution in [0.1, 0.15) is 18.4 Å². The monoisotopic (exact) mass is 357 g/mol. The fraction of sp³-hybridized carbons (Fsp3) is 0.455. The minimum Gasteiger partial charge on any atom is -0.313 e. The van der Waals surface area contributed by atoms with Crippen molar-refractivity contribution in [2.45, 2.75) is 19.4 Å². The zero-order chi connectivity index (χ0) is 11.1. The first kappa shape index (κ1) is 13.6.